The summed E-state index contributed by atoms with van der Waals surface area (Å²) in [6.07, 6.45) is 0. The van der Waals surface area contributed by atoms with Gasteiger partial charge in [0, 0.05) is 65.4 Å². The number of nitrogens with zero attached hydrogens (tertiary/aromatic N) is 2. The zero-order chi connectivity index (χ0) is 4.99. The van der Waals surface area contributed by atoms with E-state index < -0.39 is 0 Å². The molecule has 0 heterocycles. The molecule has 0 aromatic carbocycles. The van der Waals surface area contributed by atoms with E-state index in [1.54, 1.807) is 7.05 Å². The van der Waals surface area contributed by atoms with Crippen LogP contribution in [0, 0.1) is 7.43 Å². The maximum absolute atomic E-state index is 3.86. The molecule has 4 heteroatoms. The van der Waals surface area contributed by atoms with Crippen LogP contribution in [0.3, 0.4) is 0 Å². The smallest absolute Gasteiger partial charge is 0 e. The Morgan fingerprint density at radius 3 is 1.56 bits per heavy atom. The van der Waals surface area contributed by atoms with Crippen molar-refractivity contribution in [2.24, 2.45) is 0 Å². The fraction of sp³-hybridized carbons (Fsp3) is 0.800. The molecule has 0 amide bonds. The summed E-state index contributed by atoms with van der Waals surface area (Å²) in [6.45, 7) is 0.833. The molecule has 0 aromatic heterocycles. The zero-order valence-electron chi connectivity index (χ0n) is 6.76. The van der Waals surface area contributed by atoms with Crippen molar-refractivity contribution >= 4 is 0 Å². The van der Waals surface area contributed by atoms with Crippen LogP contribution in [0.1, 0.15) is 0 Å². The van der Waals surface area contributed by atoms with Gasteiger partial charge in [0.2, 0.25) is 0 Å². The van der Waals surface area contributed by atoms with Crippen molar-refractivity contribution in [2.75, 3.05) is 27.8 Å². The molecular formula is C5H14N2Y2-2. The summed E-state index contributed by atoms with van der Waals surface area (Å²) in [7, 11) is 5.79. The van der Waals surface area contributed by atoms with Crippen LogP contribution < -0.4 is 0 Å². The molecular weight excluding hydrogens is 266 g/mol. The van der Waals surface area contributed by atoms with E-state index >= 15 is 0 Å². The minimum Gasteiger partial charge on any atom is -0.653 e. The van der Waals surface area contributed by atoms with Crippen LogP contribution >= 0.6 is 0 Å². The predicted molar refractivity (Wildman–Crippen MR) is 34.3 cm³/mol. The molecule has 0 aliphatic carbocycles. The Morgan fingerprint density at radius 1 is 1.22 bits per heavy atom. The van der Waals surface area contributed by atoms with E-state index in [0.29, 0.717) is 0 Å². The quantitative estimate of drug-likeness (QED) is 0.688. The molecule has 0 aliphatic heterocycles. The summed E-state index contributed by atoms with van der Waals surface area (Å²) < 4.78 is 0. The summed E-state index contributed by atoms with van der Waals surface area (Å²) in [6, 6.07) is 0. The topological polar surface area (TPSA) is 17.3 Å². The normalized spacial score (nSPS) is 6.67. The molecule has 0 aliphatic rings. The maximum Gasteiger partial charge on any atom is 0 e. The zero-order valence-corrected chi connectivity index (χ0v) is 12.4. The standard InChI is InChI=1S/C4H11N2.CH3.2Y/c1-5-4-6(2)3;;;/h4H2,1-3H3;1H3;;/q2*-1;;. The van der Waals surface area contributed by atoms with Crippen molar-refractivity contribution in [1.82, 2.24) is 4.90 Å². The van der Waals surface area contributed by atoms with Crippen LogP contribution in [0.2, 0.25) is 0 Å². The Balaban J connectivity index is -0.0000000417. The van der Waals surface area contributed by atoms with Crippen LogP contribution in [0.5, 0.6) is 0 Å². The second kappa shape index (κ2) is 16.6. The minimum absolute atomic E-state index is 0. The van der Waals surface area contributed by atoms with Crippen molar-refractivity contribution in [2.45, 2.75) is 0 Å². The first kappa shape index (κ1) is 22.5. The van der Waals surface area contributed by atoms with E-state index in [-0.39, 0.29) is 72.8 Å². The molecule has 0 unspecified atom stereocenters. The van der Waals surface area contributed by atoms with Crippen molar-refractivity contribution in [3.63, 3.8) is 0 Å². The van der Waals surface area contributed by atoms with Gasteiger partial charge in [0.1, 0.15) is 0 Å². The Kier molecular flexibility index (Phi) is 41.5. The van der Waals surface area contributed by atoms with E-state index in [1.165, 1.54) is 0 Å². The molecule has 2 nitrogen and oxygen atoms in total. The minimum atomic E-state index is 0. The Labute approximate surface area is 109 Å². The molecule has 0 rings (SSSR count). The van der Waals surface area contributed by atoms with E-state index in [0.717, 1.165) is 6.67 Å². The van der Waals surface area contributed by atoms with Gasteiger partial charge in [-0.15, -0.1) is 0 Å². The van der Waals surface area contributed by atoms with Gasteiger partial charge in [-0.25, -0.2) is 0 Å². The van der Waals surface area contributed by atoms with Gasteiger partial charge < -0.3 is 17.6 Å². The van der Waals surface area contributed by atoms with Crippen molar-refractivity contribution < 1.29 is 65.4 Å². The Bertz CT molecular complexity index is 34.1. The molecule has 0 saturated heterocycles. The first-order valence-electron chi connectivity index (χ1n) is 1.97. The van der Waals surface area contributed by atoms with Gasteiger partial charge in [0.25, 0.3) is 0 Å². The molecule has 0 atom stereocenters. The maximum atomic E-state index is 3.86. The number of hydrogen-bond acceptors (Lipinski definition) is 1. The second-order valence-corrected chi connectivity index (χ2v) is 1.54. The van der Waals surface area contributed by atoms with E-state index in [2.05, 4.69) is 5.32 Å². The molecule has 2 radical (unpaired) electrons. The van der Waals surface area contributed by atoms with Crippen LogP contribution in [0.15, 0.2) is 0 Å². The average molecular weight is 280 g/mol. The molecule has 9 heavy (non-hydrogen) atoms. The molecule has 0 N–H and O–H groups in total. The predicted octanol–water partition coefficient (Wildman–Crippen LogP) is 0.954. The average Bonchev–Trinajstić information content (AvgIpc) is 1.35. The van der Waals surface area contributed by atoms with Crippen LogP contribution in [0.25, 0.3) is 5.32 Å². The van der Waals surface area contributed by atoms with Crippen LogP contribution in [-0.2, 0) is 65.4 Å². The third kappa shape index (κ3) is 25.4. The second-order valence-electron chi connectivity index (χ2n) is 1.54. The molecule has 0 fully saturated rings. The third-order valence-electron chi connectivity index (χ3n) is 0.424. The first-order valence-corrected chi connectivity index (χ1v) is 1.97. The molecule has 0 bridgehead atoms. The molecule has 0 aromatic rings. The first-order chi connectivity index (χ1) is 2.77. The fourth-order valence-corrected chi connectivity index (χ4v) is 0.283. The SMILES string of the molecule is C[N-]CN(C)C.[CH3-].[Y].[Y]. The number of hydrogen-bond donors (Lipinski definition) is 0. The van der Waals surface area contributed by atoms with E-state index in [4.69, 9.17) is 0 Å². The summed E-state index contributed by atoms with van der Waals surface area (Å²) in [5, 5.41) is 3.86. The summed E-state index contributed by atoms with van der Waals surface area (Å²) in [5.41, 5.74) is 0. The van der Waals surface area contributed by atoms with Gasteiger partial charge in [0.15, 0.2) is 0 Å². The van der Waals surface area contributed by atoms with Crippen LogP contribution in [0.4, 0.5) is 0 Å². The van der Waals surface area contributed by atoms with E-state index in [1.807, 2.05) is 19.0 Å². The van der Waals surface area contributed by atoms with Crippen LogP contribution in [-0.4, -0.2) is 32.7 Å². The monoisotopic (exact) mass is 280 g/mol. The summed E-state index contributed by atoms with van der Waals surface area (Å²) >= 11 is 0. The fourth-order valence-electron chi connectivity index (χ4n) is 0.283. The van der Waals surface area contributed by atoms with Gasteiger partial charge in [0.05, 0.1) is 0 Å². The van der Waals surface area contributed by atoms with Crippen molar-refractivity contribution in [1.29, 1.82) is 0 Å². The van der Waals surface area contributed by atoms with Gasteiger partial charge in [-0.05, 0) is 14.1 Å². The Hall–Kier alpha value is 2.13. The van der Waals surface area contributed by atoms with Crippen molar-refractivity contribution in [3.8, 4) is 0 Å². The summed E-state index contributed by atoms with van der Waals surface area (Å²) in [4.78, 5) is 2.01. The molecule has 0 saturated carbocycles. The number of rotatable bonds is 2. The van der Waals surface area contributed by atoms with Gasteiger partial charge >= 0.3 is 0 Å². The summed E-state index contributed by atoms with van der Waals surface area (Å²) in [5.74, 6) is 0. The third-order valence-corrected chi connectivity index (χ3v) is 0.424. The van der Waals surface area contributed by atoms with Gasteiger partial charge in [-0.2, -0.15) is 7.05 Å². The Morgan fingerprint density at radius 2 is 1.56 bits per heavy atom. The van der Waals surface area contributed by atoms with Gasteiger partial charge in [-0.1, -0.05) is 6.67 Å². The molecule has 0 spiro atoms. The largest absolute Gasteiger partial charge is 0.653 e. The van der Waals surface area contributed by atoms with Gasteiger partial charge in [-0.3, -0.25) is 0 Å². The van der Waals surface area contributed by atoms with Crippen molar-refractivity contribution in [3.05, 3.63) is 12.7 Å². The van der Waals surface area contributed by atoms with E-state index in [9.17, 15) is 0 Å². The molecule has 52 valence electrons.